The monoisotopic (exact) mass is 530 g/mol. The Bertz CT molecular complexity index is 1550. The van der Waals surface area contributed by atoms with Crippen LogP contribution in [0.15, 0.2) is 53.7 Å². The van der Waals surface area contributed by atoms with Gasteiger partial charge >= 0.3 is 5.97 Å². The molecule has 1 saturated heterocycles. The predicted octanol–water partition coefficient (Wildman–Crippen LogP) is 3.24. The number of hydrogen-bond donors (Lipinski definition) is 2. The summed E-state index contributed by atoms with van der Waals surface area (Å²) < 4.78 is 13.2. The minimum atomic E-state index is -0.861. The highest BCUT2D eigenvalue weighted by atomic mass is 16.6. The number of nitriles is 1. The zero-order chi connectivity index (χ0) is 27.6. The van der Waals surface area contributed by atoms with Crippen LogP contribution in [0.1, 0.15) is 45.6 Å². The van der Waals surface area contributed by atoms with Crippen LogP contribution < -0.4 is 10.9 Å². The van der Waals surface area contributed by atoms with Gasteiger partial charge in [0.25, 0.3) is 5.56 Å². The first-order chi connectivity index (χ1) is 18.7. The Kier molecular flexibility index (Phi) is 6.93. The smallest absolute Gasteiger partial charge is 0.335 e. The zero-order valence-electron chi connectivity index (χ0n) is 22.0. The molecule has 12 nitrogen and oxygen atoms in total. The number of ether oxygens (including phenoxy) is 2. The molecule has 0 saturated carbocycles. The van der Waals surface area contributed by atoms with Crippen molar-refractivity contribution in [3.05, 3.63) is 64.8 Å². The number of rotatable bonds is 7. The van der Waals surface area contributed by atoms with Crippen LogP contribution in [0.5, 0.6) is 0 Å². The van der Waals surface area contributed by atoms with E-state index in [1.807, 2.05) is 24.3 Å². The second kappa shape index (κ2) is 10.3. The van der Waals surface area contributed by atoms with E-state index in [2.05, 4.69) is 26.6 Å². The number of esters is 1. The van der Waals surface area contributed by atoms with Crippen LogP contribution in [0.4, 0.5) is 11.5 Å². The van der Waals surface area contributed by atoms with Crippen LogP contribution in [-0.2, 0) is 26.4 Å². The summed E-state index contributed by atoms with van der Waals surface area (Å²) in [5.74, 6) is -0.0658. The second-order valence-corrected chi connectivity index (χ2v) is 10.6. The van der Waals surface area contributed by atoms with E-state index in [1.165, 1.54) is 0 Å². The maximum atomic E-state index is 12.9. The number of benzene rings is 1. The molecule has 12 heteroatoms. The van der Waals surface area contributed by atoms with Gasteiger partial charge in [0.2, 0.25) is 0 Å². The van der Waals surface area contributed by atoms with Gasteiger partial charge in [0, 0.05) is 11.9 Å². The quantitative estimate of drug-likeness (QED) is 0.343. The minimum absolute atomic E-state index is 0.0731. The third-order valence-electron chi connectivity index (χ3n) is 6.56. The average molecular weight is 531 g/mol. The number of fused-ring (bicyclic) bond motifs is 1. The van der Waals surface area contributed by atoms with Gasteiger partial charge in [-0.1, -0.05) is 12.1 Å². The lowest BCUT2D eigenvalue weighted by atomic mass is 9.87. The van der Waals surface area contributed by atoms with Gasteiger partial charge in [-0.15, -0.1) is 0 Å². The average Bonchev–Trinajstić information content (AvgIpc) is 3.54. The molecule has 4 heterocycles. The first-order valence-corrected chi connectivity index (χ1v) is 12.7. The number of aromatic amines is 1. The van der Waals surface area contributed by atoms with Crippen LogP contribution in [0.2, 0.25) is 0 Å². The van der Waals surface area contributed by atoms with Gasteiger partial charge in [-0.3, -0.25) is 9.48 Å². The van der Waals surface area contributed by atoms with Crippen LogP contribution >= 0.6 is 0 Å². The van der Waals surface area contributed by atoms with E-state index >= 15 is 0 Å². The first-order valence-electron chi connectivity index (χ1n) is 12.7. The molecule has 0 spiro atoms. The lowest BCUT2D eigenvalue weighted by Gasteiger charge is -2.39. The molecular formula is C27H30N8O4. The van der Waals surface area contributed by atoms with Gasteiger partial charge in [-0.05, 0) is 57.4 Å². The Labute approximate surface area is 224 Å². The molecule has 39 heavy (non-hydrogen) atoms. The summed E-state index contributed by atoms with van der Waals surface area (Å²) in [7, 11) is 0. The van der Waals surface area contributed by atoms with Crippen LogP contribution in [0.3, 0.4) is 0 Å². The second-order valence-electron chi connectivity index (χ2n) is 10.6. The van der Waals surface area contributed by atoms with E-state index in [1.54, 1.807) is 54.9 Å². The van der Waals surface area contributed by atoms with E-state index in [4.69, 9.17) is 14.6 Å². The highest BCUT2D eigenvalue weighted by Crippen LogP contribution is 2.37. The molecule has 4 aromatic rings. The zero-order valence-corrected chi connectivity index (χ0v) is 22.0. The highest BCUT2D eigenvalue weighted by Gasteiger charge is 2.43. The van der Waals surface area contributed by atoms with E-state index in [-0.39, 0.29) is 18.6 Å². The number of carbonyl (C=O) groups excluding carboxylic acids is 1. The molecule has 2 atom stereocenters. The van der Waals surface area contributed by atoms with E-state index < -0.39 is 23.2 Å². The number of carbonyl (C=O) groups is 1. The van der Waals surface area contributed by atoms with E-state index in [0.717, 1.165) is 11.3 Å². The van der Waals surface area contributed by atoms with Gasteiger partial charge in [-0.25, -0.2) is 4.79 Å². The molecule has 3 aromatic heterocycles. The van der Waals surface area contributed by atoms with Crippen LogP contribution in [-0.4, -0.2) is 54.0 Å². The summed E-state index contributed by atoms with van der Waals surface area (Å²) in [4.78, 5) is 29.8. The molecule has 202 valence electrons. The molecule has 0 aliphatic carbocycles. The normalized spacial score (nSPS) is 19.5. The maximum Gasteiger partial charge on any atom is 0.335 e. The Balaban J connectivity index is 1.43. The molecule has 0 unspecified atom stereocenters. The molecule has 1 aromatic carbocycles. The van der Waals surface area contributed by atoms with Gasteiger partial charge in [-0.2, -0.15) is 25.4 Å². The molecule has 1 fully saturated rings. The summed E-state index contributed by atoms with van der Waals surface area (Å²) in [6, 6.07) is 11.7. The standard InChI is InChI=1S/C27H30N8O4/c1-26(2,3)39-25(37)21-8-10-27(11-12-28,17-38-21)35-20-9-13-29-24(36)22(20)23(33-35)32-19-6-4-18(5-7-19)16-34-30-14-15-31-34/h4-7,9,13-15,21H,8,10-11,16-17H2,1-3H3,(H,29,36)(H,32,33)/t21-,27-/m0/s1. The van der Waals surface area contributed by atoms with Crippen LogP contribution in [0, 0.1) is 11.3 Å². The van der Waals surface area contributed by atoms with Crippen molar-refractivity contribution >= 4 is 28.4 Å². The van der Waals surface area contributed by atoms with Crippen molar-refractivity contribution in [3.63, 3.8) is 0 Å². The first kappa shape index (κ1) is 26.1. The molecular weight excluding hydrogens is 500 g/mol. The predicted molar refractivity (Wildman–Crippen MR) is 142 cm³/mol. The number of nitrogens with zero attached hydrogens (tertiary/aromatic N) is 6. The highest BCUT2D eigenvalue weighted by molar-refractivity contribution is 5.91. The molecule has 1 aliphatic heterocycles. The fourth-order valence-electron chi connectivity index (χ4n) is 4.74. The van der Waals surface area contributed by atoms with Crippen molar-refractivity contribution < 1.29 is 14.3 Å². The summed E-state index contributed by atoms with van der Waals surface area (Å²) in [5.41, 5.74) is 0.517. The Morgan fingerprint density at radius 2 is 2.00 bits per heavy atom. The van der Waals surface area contributed by atoms with Gasteiger partial charge in [0.15, 0.2) is 11.9 Å². The molecule has 0 amide bonds. The molecule has 1 aliphatic rings. The van der Waals surface area contributed by atoms with Gasteiger partial charge < -0.3 is 19.8 Å². The summed E-state index contributed by atoms with van der Waals surface area (Å²) in [5, 5.41) is 26.4. The minimum Gasteiger partial charge on any atom is -0.458 e. The SMILES string of the molecule is CC(C)(C)OC(=O)[C@@H]1CC[C@@](CC#N)(n2nc(Nc3ccc(Cn4nccn4)cc3)c3c(=O)[nH]ccc32)CO1. The van der Waals surface area contributed by atoms with Crippen molar-refractivity contribution in [2.24, 2.45) is 0 Å². The Morgan fingerprint density at radius 1 is 1.26 bits per heavy atom. The summed E-state index contributed by atoms with van der Waals surface area (Å²) in [6.07, 6.45) is 4.98. The Hall–Kier alpha value is -4.50. The lowest BCUT2D eigenvalue weighted by Crippen LogP contribution is -2.47. The number of hydrogen-bond acceptors (Lipinski definition) is 9. The topological polar surface area (TPSA) is 153 Å². The fourth-order valence-corrected chi connectivity index (χ4v) is 4.74. The van der Waals surface area contributed by atoms with Gasteiger partial charge in [0.1, 0.15) is 11.0 Å². The van der Waals surface area contributed by atoms with E-state index in [0.29, 0.717) is 36.1 Å². The van der Waals surface area contributed by atoms with Crippen LogP contribution in [0.25, 0.3) is 10.9 Å². The fraction of sp³-hybridized carbons (Fsp3) is 0.407. The number of aromatic nitrogens is 6. The van der Waals surface area contributed by atoms with Crippen molar-refractivity contribution in [2.45, 2.75) is 63.8 Å². The van der Waals surface area contributed by atoms with E-state index in [9.17, 15) is 14.9 Å². The lowest BCUT2D eigenvalue weighted by molar-refractivity contribution is -0.176. The number of anilines is 2. The van der Waals surface area contributed by atoms with Crippen molar-refractivity contribution in [1.29, 1.82) is 5.26 Å². The molecule has 5 rings (SSSR count). The maximum absolute atomic E-state index is 12.9. The van der Waals surface area contributed by atoms with Crippen molar-refractivity contribution in [2.75, 3.05) is 11.9 Å². The van der Waals surface area contributed by atoms with Gasteiger partial charge in [0.05, 0.1) is 49.1 Å². The number of pyridine rings is 1. The summed E-state index contributed by atoms with van der Waals surface area (Å²) >= 11 is 0. The third kappa shape index (κ3) is 5.53. The summed E-state index contributed by atoms with van der Waals surface area (Å²) in [6.45, 7) is 6.02. The Morgan fingerprint density at radius 3 is 2.64 bits per heavy atom. The third-order valence-corrected chi connectivity index (χ3v) is 6.56. The molecule has 0 radical (unpaired) electrons. The number of H-pyrrole nitrogens is 1. The molecule has 0 bridgehead atoms. The van der Waals surface area contributed by atoms with Crippen molar-refractivity contribution in [1.82, 2.24) is 29.8 Å². The number of nitrogens with one attached hydrogen (secondary N) is 2. The van der Waals surface area contributed by atoms with Crippen molar-refractivity contribution in [3.8, 4) is 6.07 Å². The molecule has 2 N–H and O–H groups in total. The largest absolute Gasteiger partial charge is 0.458 e.